The second-order valence-corrected chi connectivity index (χ2v) is 3.77. The van der Waals surface area contributed by atoms with Crippen LogP contribution in [-0.4, -0.2) is 6.61 Å². The second kappa shape index (κ2) is 5.34. The van der Waals surface area contributed by atoms with Crippen LogP contribution in [0, 0.1) is 5.82 Å². The van der Waals surface area contributed by atoms with Gasteiger partial charge in [-0.2, -0.15) is 0 Å². The number of halogens is 1. The van der Waals surface area contributed by atoms with E-state index in [4.69, 9.17) is 10.5 Å². The Morgan fingerprint density at radius 2 is 1.82 bits per heavy atom. The molecule has 17 heavy (non-hydrogen) atoms. The van der Waals surface area contributed by atoms with E-state index in [0.717, 1.165) is 11.3 Å². The zero-order valence-electron chi connectivity index (χ0n) is 9.40. The molecule has 0 saturated carbocycles. The van der Waals surface area contributed by atoms with E-state index in [1.54, 1.807) is 12.1 Å². The Hall–Kier alpha value is -2.03. The summed E-state index contributed by atoms with van der Waals surface area (Å²) in [4.78, 5) is 0. The van der Waals surface area contributed by atoms with Crippen LogP contribution in [0.5, 0.6) is 5.75 Å². The number of rotatable bonds is 4. The van der Waals surface area contributed by atoms with Crippen molar-refractivity contribution in [1.82, 2.24) is 0 Å². The van der Waals surface area contributed by atoms with Gasteiger partial charge in [-0.3, -0.25) is 0 Å². The van der Waals surface area contributed by atoms with Crippen LogP contribution in [0.25, 0.3) is 0 Å². The SMILES string of the molecule is Nc1cc(CCOc2ccccc2)ccc1F. The van der Waals surface area contributed by atoms with Crippen molar-refractivity contribution < 1.29 is 9.13 Å². The number of para-hydroxylation sites is 1. The van der Waals surface area contributed by atoms with Gasteiger partial charge in [-0.15, -0.1) is 0 Å². The van der Waals surface area contributed by atoms with Gasteiger partial charge in [-0.1, -0.05) is 24.3 Å². The van der Waals surface area contributed by atoms with Crippen molar-refractivity contribution in [2.24, 2.45) is 0 Å². The predicted octanol–water partition coefficient (Wildman–Crippen LogP) is 3.03. The Bertz CT molecular complexity index is 485. The zero-order valence-corrected chi connectivity index (χ0v) is 9.40. The average Bonchev–Trinajstić information content (AvgIpc) is 2.35. The first-order valence-corrected chi connectivity index (χ1v) is 5.47. The molecule has 0 spiro atoms. The summed E-state index contributed by atoms with van der Waals surface area (Å²) in [6.07, 6.45) is 0.708. The number of nitrogen functional groups attached to an aromatic ring is 1. The number of benzene rings is 2. The van der Waals surface area contributed by atoms with Crippen LogP contribution in [0.1, 0.15) is 5.56 Å². The molecule has 0 aromatic heterocycles. The molecule has 3 heteroatoms. The average molecular weight is 231 g/mol. The lowest BCUT2D eigenvalue weighted by molar-refractivity contribution is 0.322. The van der Waals surface area contributed by atoms with Gasteiger partial charge in [-0.25, -0.2) is 4.39 Å². The number of nitrogens with two attached hydrogens (primary N) is 1. The maximum atomic E-state index is 12.9. The molecule has 0 heterocycles. The van der Waals surface area contributed by atoms with Gasteiger partial charge >= 0.3 is 0 Å². The van der Waals surface area contributed by atoms with Crippen LogP contribution in [0.2, 0.25) is 0 Å². The number of ether oxygens (including phenoxy) is 1. The maximum absolute atomic E-state index is 12.9. The molecule has 2 N–H and O–H groups in total. The first-order chi connectivity index (χ1) is 8.25. The van der Waals surface area contributed by atoms with E-state index >= 15 is 0 Å². The molecule has 2 aromatic rings. The molecule has 0 amide bonds. The van der Waals surface area contributed by atoms with Crippen molar-refractivity contribution in [3.8, 4) is 5.75 Å². The normalized spacial score (nSPS) is 10.2. The van der Waals surface area contributed by atoms with Gasteiger partial charge in [0.15, 0.2) is 0 Å². The molecule has 0 aliphatic rings. The van der Waals surface area contributed by atoms with Crippen molar-refractivity contribution in [1.29, 1.82) is 0 Å². The molecular weight excluding hydrogens is 217 g/mol. The third-order valence-corrected chi connectivity index (χ3v) is 2.46. The fourth-order valence-electron chi connectivity index (χ4n) is 1.55. The first kappa shape index (κ1) is 11.5. The van der Waals surface area contributed by atoms with E-state index in [2.05, 4.69) is 0 Å². The minimum Gasteiger partial charge on any atom is -0.493 e. The van der Waals surface area contributed by atoms with Crippen LogP contribution >= 0.6 is 0 Å². The van der Waals surface area contributed by atoms with Crippen LogP contribution in [0.4, 0.5) is 10.1 Å². The van der Waals surface area contributed by atoms with E-state index in [-0.39, 0.29) is 11.5 Å². The lowest BCUT2D eigenvalue weighted by atomic mass is 10.1. The van der Waals surface area contributed by atoms with Crippen molar-refractivity contribution in [2.45, 2.75) is 6.42 Å². The van der Waals surface area contributed by atoms with Crippen molar-refractivity contribution in [2.75, 3.05) is 12.3 Å². The quantitative estimate of drug-likeness (QED) is 0.821. The molecule has 0 aliphatic carbocycles. The summed E-state index contributed by atoms with van der Waals surface area (Å²) < 4.78 is 18.5. The Morgan fingerprint density at radius 3 is 2.53 bits per heavy atom. The molecule has 2 rings (SSSR count). The highest BCUT2D eigenvalue weighted by Gasteiger charge is 2.00. The van der Waals surface area contributed by atoms with Crippen molar-refractivity contribution in [3.05, 3.63) is 59.9 Å². The van der Waals surface area contributed by atoms with E-state index < -0.39 is 0 Å². The number of hydrogen-bond donors (Lipinski definition) is 1. The fourth-order valence-corrected chi connectivity index (χ4v) is 1.55. The van der Waals surface area contributed by atoms with Crippen molar-refractivity contribution >= 4 is 5.69 Å². The Balaban J connectivity index is 1.88. The lowest BCUT2D eigenvalue weighted by Crippen LogP contribution is -2.02. The highest BCUT2D eigenvalue weighted by Crippen LogP contribution is 2.14. The highest BCUT2D eigenvalue weighted by atomic mass is 19.1. The molecule has 0 unspecified atom stereocenters. The summed E-state index contributed by atoms with van der Waals surface area (Å²) in [5.41, 5.74) is 6.64. The monoisotopic (exact) mass is 231 g/mol. The molecule has 88 valence electrons. The number of anilines is 1. The van der Waals surface area contributed by atoms with Gasteiger partial charge in [0, 0.05) is 6.42 Å². The van der Waals surface area contributed by atoms with E-state index in [9.17, 15) is 4.39 Å². The summed E-state index contributed by atoms with van der Waals surface area (Å²) in [6, 6.07) is 14.3. The maximum Gasteiger partial charge on any atom is 0.146 e. The molecule has 2 aromatic carbocycles. The summed E-state index contributed by atoms with van der Waals surface area (Å²) in [5.74, 6) is 0.459. The fraction of sp³-hybridized carbons (Fsp3) is 0.143. The minimum atomic E-state index is -0.377. The number of hydrogen-bond acceptors (Lipinski definition) is 2. The topological polar surface area (TPSA) is 35.2 Å². The summed E-state index contributed by atoms with van der Waals surface area (Å²) in [7, 11) is 0. The van der Waals surface area contributed by atoms with Gasteiger partial charge < -0.3 is 10.5 Å². The third kappa shape index (κ3) is 3.21. The molecule has 0 radical (unpaired) electrons. The molecule has 0 saturated heterocycles. The molecular formula is C14H14FNO. The van der Waals surface area contributed by atoms with Gasteiger partial charge in [0.1, 0.15) is 11.6 Å². The second-order valence-electron chi connectivity index (χ2n) is 3.77. The molecule has 0 atom stereocenters. The van der Waals surface area contributed by atoms with E-state index in [1.165, 1.54) is 6.07 Å². The molecule has 2 nitrogen and oxygen atoms in total. The largest absolute Gasteiger partial charge is 0.493 e. The summed E-state index contributed by atoms with van der Waals surface area (Å²) in [6.45, 7) is 0.551. The van der Waals surface area contributed by atoms with Gasteiger partial charge in [-0.05, 0) is 29.8 Å². The van der Waals surface area contributed by atoms with E-state index in [1.807, 2.05) is 30.3 Å². The highest BCUT2D eigenvalue weighted by molar-refractivity contribution is 5.42. The van der Waals surface area contributed by atoms with Gasteiger partial charge in [0.25, 0.3) is 0 Å². The Labute approximate surface area is 99.8 Å². The lowest BCUT2D eigenvalue weighted by Gasteiger charge is -2.06. The summed E-state index contributed by atoms with van der Waals surface area (Å²) in [5, 5.41) is 0. The molecule has 0 bridgehead atoms. The van der Waals surface area contributed by atoms with Crippen LogP contribution in [-0.2, 0) is 6.42 Å². The zero-order chi connectivity index (χ0) is 12.1. The standard InChI is InChI=1S/C14H14FNO/c15-13-7-6-11(10-14(13)16)8-9-17-12-4-2-1-3-5-12/h1-7,10H,8-9,16H2. The van der Waals surface area contributed by atoms with Crippen molar-refractivity contribution in [3.63, 3.8) is 0 Å². The summed E-state index contributed by atoms with van der Waals surface area (Å²) >= 11 is 0. The van der Waals surface area contributed by atoms with E-state index in [0.29, 0.717) is 13.0 Å². The Kier molecular flexibility index (Phi) is 3.60. The van der Waals surface area contributed by atoms with Gasteiger partial charge in [0.2, 0.25) is 0 Å². The van der Waals surface area contributed by atoms with Crippen LogP contribution in [0.3, 0.4) is 0 Å². The molecule has 0 fully saturated rings. The minimum absolute atomic E-state index is 0.183. The van der Waals surface area contributed by atoms with Crippen LogP contribution in [0.15, 0.2) is 48.5 Å². The third-order valence-electron chi connectivity index (χ3n) is 2.46. The first-order valence-electron chi connectivity index (χ1n) is 5.47. The predicted molar refractivity (Wildman–Crippen MR) is 66.5 cm³/mol. The molecule has 0 aliphatic heterocycles. The Morgan fingerprint density at radius 1 is 1.06 bits per heavy atom. The smallest absolute Gasteiger partial charge is 0.146 e. The van der Waals surface area contributed by atoms with Crippen LogP contribution < -0.4 is 10.5 Å². The van der Waals surface area contributed by atoms with Gasteiger partial charge in [0.05, 0.1) is 12.3 Å².